The van der Waals surface area contributed by atoms with Gasteiger partial charge < -0.3 is 5.73 Å². The van der Waals surface area contributed by atoms with E-state index in [-0.39, 0.29) is 0 Å². The molecule has 14 heavy (non-hydrogen) atoms. The number of hydrogen-bond acceptors (Lipinski definition) is 4. The lowest BCUT2D eigenvalue weighted by Gasteiger charge is -2.37. The third-order valence-electron chi connectivity index (χ3n) is 3.27. The number of thioether (sulfide) groups is 1. The monoisotopic (exact) mass is 215 g/mol. The summed E-state index contributed by atoms with van der Waals surface area (Å²) in [7, 11) is 0. The van der Waals surface area contributed by atoms with E-state index in [1.165, 1.54) is 44.1 Å². The van der Waals surface area contributed by atoms with Crippen LogP contribution in [0.15, 0.2) is 0 Å². The Morgan fingerprint density at radius 3 is 2.57 bits per heavy atom. The Hall–Kier alpha value is 0.230. The predicted octanol–water partition coefficient (Wildman–Crippen LogP) is 0.0682. The molecule has 2 heterocycles. The minimum absolute atomic E-state index is 0.805. The molecule has 0 bridgehead atoms. The van der Waals surface area contributed by atoms with E-state index in [0.29, 0.717) is 0 Å². The first kappa shape index (κ1) is 10.7. The van der Waals surface area contributed by atoms with Gasteiger partial charge in [0.2, 0.25) is 0 Å². The molecule has 4 heteroatoms. The van der Waals surface area contributed by atoms with Gasteiger partial charge in [-0.25, -0.2) is 0 Å². The van der Waals surface area contributed by atoms with E-state index in [1.54, 1.807) is 0 Å². The van der Waals surface area contributed by atoms with Crippen molar-refractivity contribution in [1.29, 1.82) is 0 Å². The van der Waals surface area contributed by atoms with Gasteiger partial charge in [-0.1, -0.05) is 0 Å². The quantitative estimate of drug-likeness (QED) is 0.722. The van der Waals surface area contributed by atoms with Gasteiger partial charge in [-0.05, 0) is 12.2 Å². The maximum atomic E-state index is 5.56. The molecular formula is C10H21N3S. The lowest BCUT2D eigenvalue weighted by Crippen LogP contribution is -2.51. The van der Waals surface area contributed by atoms with Crippen LogP contribution in [0.25, 0.3) is 0 Å². The molecule has 2 rings (SSSR count). The second kappa shape index (κ2) is 5.35. The SMILES string of the molecule is NCCN1CCN([C@H]2CCSC2)CC1. The minimum atomic E-state index is 0.805. The molecular weight excluding hydrogens is 194 g/mol. The van der Waals surface area contributed by atoms with Crippen molar-refractivity contribution in [2.45, 2.75) is 12.5 Å². The van der Waals surface area contributed by atoms with Crippen molar-refractivity contribution >= 4 is 11.8 Å². The van der Waals surface area contributed by atoms with E-state index < -0.39 is 0 Å². The second-order valence-electron chi connectivity index (χ2n) is 4.18. The molecule has 2 saturated heterocycles. The summed E-state index contributed by atoms with van der Waals surface area (Å²) in [4.78, 5) is 5.16. The molecule has 0 unspecified atom stereocenters. The van der Waals surface area contributed by atoms with Gasteiger partial charge in [0, 0.05) is 51.1 Å². The Morgan fingerprint density at radius 1 is 1.21 bits per heavy atom. The van der Waals surface area contributed by atoms with Crippen molar-refractivity contribution in [3.8, 4) is 0 Å². The summed E-state index contributed by atoms with van der Waals surface area (Å²) in [5.74, 6) is 2.73. The number of nitrogens with zero attached hydrogens (tertiary/aromatic N) is 2. The van der Waals surface area contributed by atoms with Crippen LogP contribution in [0.1, 0.15) is 6.42 Å². The van der Waals surface area contributed by atoms with Crippen LogP contribution in [0.5, 0.6) is 0 Å². The molecule has 2 aliphatic rings. The van der Waals surface area contributed by atoms with Gasteiger partial charge in [0.25, 0.3) is 0 Å². The summed E-state index contributed by atoms with van der Waals surface area (Å²) in [6.45, 7) is 6.83. The number of nitrogens with two attached hydrogens (primary N) is 1. The standard InChI is InChI=1S/C10H21N3S/c11-2-3-12-4-6-13(7-5-12)10-1-8-14-9-10/h10H,1-9,11H2/t10-/m0/s1. The number of rotatable bonds is 3. The Labute approximate surface area is 91.0 Å². The summed E-state index contributed by atoms with van der Waals surface area (Å²) in [6, 6.07) is 0.875. The zero-order valence-electron chi connectivity index (χ0n) is 8.82. The lowest BCUT2D eigenvalue weighted by atomic mass is 10.2. The van der Waals surface area contributed by atoms with Gasteiger partial charge in [-0.2, -0.15) is 11.8 Å². The molecule has 0 aromatic heterocycles. The smallest absolute Gasteiger partial charge is 0.0195 e. The lowest BCUT2D eigenvalue weighted by molar-refractivity contribution is 0.107. The van der Waals surface area contributed by atoms with Crippen LogP contribution in [-0.2, 0) is 0 Å². The van der Waals surface area contributed by atoms with Crippen LogP contribution in [0, 0.1) is 0 Å². The van der Waals surface area contributed by atoms with Crippen LogP contribution in [0.2, 0.25) is 0 Å². The molecule has 2 N–H and O–H groups in total. The summed E-state index contributed by atoms with van der Waals surface area (Å²) in [5.41, 5.74) is 5.56. The zero-order valence-corrected chi connectivity index (χ0v) is 9.64. The largest absolute Gasteiger partial charge is 0.329 e. The summed E-state index contributed by atoms with van der Waals surface area (Å²) >= 11 is 2.11. The van der Waals surface area contributed by atoms with Crippen LogP contribution in [0.3, 0.4) is 0 Å². The average Bonchev–Trinajstić information content (AvgIpc) is 2.72. The minimum Gasteiger partial charge on any atom is -0.329 e. The topological polar surface area (TPSA) is 32.5 Å². The van der Waals surface area contributed by atoms with Crippen molar-refractivity contribution in [2.75, 3.05) is 50.8 Å². The fourth-order valence-electron chi connectivity index (χ4n) is 2.34. The molecule has 2 aliphatic heterocycles. The highest BCUT2D eigenvalue weighted by molar-refractivity contribution is 7.99. The van der Waals surface area contributed by atoms with Crippen molar-refractivity contribution < 1.29 is 0 Å². The van der Waals surface area contributed by atoms with Gasteiger partial charge in [-0.3, -0.25) is 9.80 Å². The van der Waals surface area contributed by atoms with Gasteiger partial charge in [0.05, 0.1) is 0 Å². The van der Waals surface area contributed by atoms with Gasteiger partial charge >= 0.3 is 0 Å². The van der Waals surface area contributed by atoms with E-state index in [2.05, 4.69) is 21.6 Å². The van der Waals surface area contributed by atoms with Gasteiger partial charge in [-0.15, -0.1) is 0 Å². The normalized spacial score (nSPS) is 31.1. The Kier molecular flexibility index (Phi) is 4.10. The zero-order chi connectivity index (χ0) is 9.80. The summed E-state index contributed by atoms with van der Waals surface area (Å²) in [5, 5.41) is 0. The average molecular weight is 215 g/mol. The first-order chi connectivity index (χ1) is 6.90. The highest BCUT2D eigenvalue weighted by Gasteiger charge is 2.25. The maximum Gasteiger partial charge on any atom is 0.0195 e. The highest BCUT2D eigenvalue weighted by Crippen LogP contribution is 2.22. The fourth-order valence-corrected chi connectivity index (χ4v) is 3.60. The highest BCUT2D eigenvalue weighted by atomic mass is 32.2. The first-order valence-electron chi connectivity index (χ1n) is 5.64. The summed E-state index contributed by atoms with van der Waals surface area (Å²) in [6.07, 6.45) is 1.40. The third kappa shape index (κ3) is 2.63. The van der Waals surface area contributed by atoms with Crippen LogP contribution >= 0.6 is 11.8 Å². The Bertz CT molecular complexity index is 163. The van der Waals surface area contributed by atoms with E-state index >= 15 is 0 Å². The van der Waals surface area contributed by atoms with Gasteiger partial charge in [0.1, 0.15) is 0 Å². The van der Waals surface area contributed by atoms with Crippen LogP contribution in [-0.4, -0.2) is 66.6 Å². The molecule has 0 aromatic carbocycles. The fraction of sp³-hybridized carbons (Fsp3) is 1.00. The molecule has 0 aromatic rings. The number of piperazine rings is 1. The van der Waals surface area contributed by atoms with Crippen molar-refractivity contribution in [3.63, 3.8) is 0 Å². The molecule has 2 fully saturated rings. The van der Waals surface area contributed by atoms with E-state index in [9.17, 15) is 0 Å². The molecule has 3 nitrogen and oxygen atoms in total. The van der Waals surface area contributed by atoms with Gasteiger partial charge in [0.15, 0.2) is 0 Å². The van der Waals surface area contributed by atoms with E-state index in [4.69, 9.17) is 5.73 Å². The Morgan fingerprint density at radius 2 is 2.00 bits per heavy atom. The predicted molar refractivity (Wildman–Crippen MR) is 62.8 cm³/mol. The van der Waals surface area contributed by atoms with Crippen LogP contribution < -0.4 is 5.73 Å². The molecule has 0 spiro atoms. The molecule has 0 aliphatic carbocycles. The molecule has 0 radical (unpaired) electrons. The van der Waals surface area contributed by atoms with E-state index in [0.717, 1.165) is 19.1 Å². The summed E-state index contributed by atoms with van der Waals surface area (Å²) < 4.78 is 0. The second-order valence-corrected chi connectivity index (χ2v) is 5.33. The third-order valence-corrected chi connectivity index (χ3v) is 4.42. The van der Waals surface area contributed by atoms with Crippen molar-refractivity contribution in [1.82, 2.24) is 9.80 Å². The molecule has 1 atom stereocenters. The maximum absolute atomic E-state index is 5.56. The van der Waals surface area contributed by atoms with E-state index in [1.807, 2.05) is 0 Å². The molecule has 0 saturated carbocycles. The molecule has 82 valence electrons. The first-order valence-corrected chi connectivity index (χ1v) is 6.80. The Balaban J connectivity index is 1.72. The number of hydrogen-bond donors (Lipinski definition) is 1. The molecule has 0 amide bonds. The van der Waals surface area contributed by atoms with Crippen molar-refractivity contribution in [2.24, 2.45) is 5.73 Å². The van der Waals surface area contributed by atoms with Crippen molar-refractivity contribution in [3.05, 3.63) is 0 Å². The van der Waals surface area contributed by atoms with Crippen LogP contribution in [0.4, 0.5) is 0 Å².